The second kappa shape index (κ2) is 7.66. The summed E-state index contributed by atoms with van der Waals surface area (Å²) in [5.41, 5.74) is 5.69. The Labute approximate surface area is 153 Å². The van der Waals surface area contributed by atoms with Gasteiger partial charge < -0.3 is 9.40 Å². The molecule has 3 rings (SSSR count). The number of hydrogen-bond acceptors (Lipinski definition) is 4. The van der Waals surface area contributed by atoms with Gasteiger partial charge in [-0.05, 0) is 50.6 Å². The van der Waals surface area contributed by atoms with Gasteiger partial charge in [0.05, 0.1) is 17.8 Å². The largest absolute Gasteiger partial charge is 0.391 e. The molecule has 0 atom stereocenters. The van der Waals surface area contributed by atoms with E-state index in [9.17, 15) is 0 Å². The number of aryl methyl sites for hydroxylation is 2. The minimum absolute atomic E-state index is 0.262. The van der Waals surface area contributed by atoms with Gasteiger partial charge in [0, 0.05) is 28.7 Å². The lowest BCUT2D eigenvalue weighted by molar-refractivity contribution is 0.132. The molecule has 130 valence electrons. The van der Waals surface area contributed by atoms with Gasteiger partial charge in [-0.25, -0.2) is 4.98 Å². The molecule has 0 fully saturated rings. The van der Waals surface area contributed by atoms with Gasteiger partial charge in [0.2, 0.25) is 0 Å². The van der Waals surface area contributed by atoms with Crippen molar-refractivity contribution in [3.63, 3.8) is 0 Å². The monoisotopic (exact) mass is 344 g/mol. The van der Waals surface area contributed by atoms with Crippen molar-refractivity contribution in [3.05, 3.63) is 82.3 Å². The molecule has 1 aromatic carbocycles. The summed E-state index contributed by atoms with van der Waals surface area (Å²) < 4.78 is 2.10. The Balaban J connectivity index is 1.76. The van der Waals surface area contributed by atoms with Crippen LogP contribution in [0.5, 0.6) is 0 Å². The first kappa shape index (κ1) is 17.4. The quantitative estimate of drug-likeness (QED) is 0.514. The first-order valence-corrected chi connectivity index (χ1v) is 8.35. The van der Waals surface area contributed by atoms with E-state index in [0.29, 0.717) is 5.56 Å². The van der Waals surface area contributed by atoms with Crippen molar-refractivity contribution in [3.8, 4) is 11.9 Å². The molecule has 0 aliphatic carbocycles. The average Bonchev–Trinajstić information content (AvgIpc) is 2.92. The molecular formula is C21H20N4O. The fourth-order valence-corrected chi connectivity index (χ4v) is 2.87. The van der Waals surface area contributed by atoms with Gasteiger partial charge in [-0.15, -0.1) is 0 Å². The first-order valence-electron chi connectivity index (χ1n) is 8.35. The third-order valence-electron chi connectivity index (χ3n) is 4.22. The van der Waals surface area contributed by atoms with Crippen molar-refractivity contribution in [1.82, 2.24) is 9.55 Å². The molecule has 0 amide bonds. The summed E-state index contributed by atoms with van der Waals surface area (Å²) in [4.78, 5) is 9.85. The van der Waals surface area contributed by atoms with E-state index >= 15 is 0 Å². The number of rotatable bonds is 5. The highest BCUT2D eigenvalue weighted by molar-refractivity contribution is 5.81. The van der Waals surface area contributed by atoms with Crippen LogP contribution in [0.4, 0.5) is 0 Å². The normalized spacial score (nSPS) is 10.8. The lowest BCUT2D eigenvalue weighted by Gasteiger charge is -2.08. The zero-order valence-electron chi connectivity index (χ0n) is 15.1. The lowest BCUT2D eigenvalue weighted by Crippen LogP contribution is -2.02. The Bertz CT molecular complexity index is 995. The summed E-state index contributed by atoms with van der Waals surface area (Å²) in [7, 11) is 0. The van der Waals surface area contributed by atoms with E-state index in [2.05, 4.69) is 39.8 Å². The molecule has 2 heterocycles. The van der Waals surface area contributed by atoms with E-state index in [-0.39, 0.29) is 6.61 Å². The molecule has 0 saturated heterocycles. The standard InChI is InChI=1S/C21H20N4O/c1-15-8-9-23-21(10-15)25-16(2)11-20(17(25)3)13-24-26-14-19-7-5-4-6-18(19)12-22/h4-11,13H,14H2,1-3H3/b24-13-. The zero-order valence-corrected chi connectivity index (χ0v) is 15.1. The highest BCUT2D eigenvalue weighted by Crippen LogP contribution is 2.19. The van der Waals surface area contributed by atoms with Gasteiger partial charge in [0.15, 0.2) is 0 Å². The van der Waals surface area contributed by atoms with Crippen molar-refractivity contribution in [2.75, 3.05) is 0 Å². The molecule has 0 unspecified atom stereocenters. The van der Waals surface area contributed by atoms with Gasteiger partial charge in [-0.1, -0.05) is 23.4 Å². The molecule has 0 radical (unpaired) electrons. The van der Waals surface area contributed by atoms with Gasteiger partial charge >= 0.3 is 0 Å². The van der Waals surface area contributed by atoms with Crippen LogP contribution in [-0.2, 0) is 11.4 Å². The molecule has 2 aromatic heterocycles. The molecule has 26 heavy (non-hydrogen) atoms. The van der Waals surface area contributed by atoms with E-state index in [4.69, 9.17) is 10.1 Å². The number of pyridine rings is 1. The van der Waals surface area contributed by atoms with Crippen molar-refractivity contribution in [2.45, 2.75) is 27.4 Å². The maximum absolute atomic E-state index is 9.10. The number of benzene rings is 1. The van der Waals surface area contributed by atoms with Crippen LogP contribution in [0.25, 0.3) is 5.82 Å². The summed E-state index contributed by atoms with van der Waals surface area (Å²) in [5.74, 6) is 0.892. The smallest absolute Gasteiger partial charge is 0.143 e. The number of nitriles is 1. The lowest BCUT2D eigenvalue weighted by atomic mass is 10.1. The summed E-state index contributed by atoms with van der Waals surface area (Å²) in [6.07, 6.45) is 3.51. The highest BCUT2D eigenvalue weighted by Gasteiger charge is 2.10. The predicted octanol–water partition coefficient (Wildman–Crippen LogP) is 4.22. The summed E-state index contributed by atoms with van der Waals surface area (Å²) in [6.45, 7) is 6.38. The summed E-state index contributed by atoms with van der Waals surface area (Å²) in [6, 6.07) is 15.6. The molecule has 0 saturated carbocycles. The van der Waals surface area contributed by atoms with E-state index in [1.807, 2.05) is 44.3 Å². The van der Waals surface area contributed by atoms with E-state index in [1.54, 1.807) is 12.3 Å². The molecule has 5 nitrogen and oxygen atoms in total. The van der Waals surface area contributed by atoms with E-state index < -0.39 is 0 Å². The molecule has 3 aromatic rings. The molecule has 0 N–H and O–H groups in total. The Morgan fingerprint density at radius 1 is 1.19 bits per heavy atom. The van der Waals surface area contributed by atoms with Crippen molar-refractivity contribution < 1.29 is 4.84 Å². The second-order valence-corrected chi connectivity index (χ2v) is 6.13. The third-order valence-corrected chi connectivity index (χ3v) is 4.22. The Morgan fingerprint density at radius 3 is 2.77 bits per heavy atom. The van der Waals surface area contributed by atoms with Gasteiger partial charge in [0.25, 0.3) is 0 Å². The minimum atomic E-state index is 0.262. The first-order chi connectivity index (χ1) is 12.6. The number of aromatic nitrogens is 2. The Kier molecular flexibility index (Phi) is 5.14. The molecule has 0 bridgehead atoms. The molecule has 5 heteroatoms. The maximum atomic E-state index is 9.10. The Morgan fingerprint density at radius 2 is 2.00 bits per heavy atom. The van der Waals surface area contributed by atoms with Crippen LogP contribution >= 0.6 is 0 Å². The van der Waals surface area contributed by atoms with E-state index in [1.165, 1.54) is 0 Å². The van der Waals surface area contributed by atoms with E-state index in [0.717, 1.165) is 33.9 Å². The molecule has 0 spiro atoms. The van der Waals surface area contributed by atoms with Crippen LogP contribution in [0.3, 0.4) is 0 Å². The Hall–Kier alpha value is -3.39. The van der Waals surface area contributed by atoms with Crippen LogP contribution in [0.2, 0.25) is 0 Å². The third kappa shape index (κ3) is 3.65. The van der Waals surface area contributed by atoms with Crippen molar-refractivity contribution in [1.29, 1.82) is 5.26 Å². The number of nitrogens with zero attached hydrogens (tertiary/aromatic N) is 4. The molecular weight excluding hydrogens is 324 g/mol. The second-order valence-electron chi connectivity index (χ2n) is 6.13. The van der Waals surface area contributed by atoms with Gasteiger partial charge in [-0.2, -0.15) is 5.26 Å². The van der Waals surface area contributed by atoms with Crippen LogP contribution in [0.15, 0.2) is 53.8 Å². The van der Waals surface area contributed by atoms with Crippen LogP contribution in [0, 0.1) is 32.1 Å². The van der Waals surface area contributed by atoms with Crippen LogP contribution < -0.4 is 0 Å². The highest BCUT2D eigenvalue weighted by atomic mass is 16.6. The average molecular weight is 344 g/mol. The molecule has 0 aliphatic rings. The summed E-state index contributed by atoms with van der Waals surface area (Å²) in [5, 5.41) is 13.2. The van der Waals surface area contributed by atoms with Gasteiger partial charge in [0.1, 0.15) is 12.4 Å². The fraction of sp³-hybridized carbons (Fsp3) is 0.190. The van der Waals surface area contributed by atoms with Crippen LogP contribution in [0.1, 0.15) is 33.6 Å². The predicted molar refractivity (Wildman–Crippen MR) is 101 cm³/mol. The fourth-order valence-electron chi connectivity index (χ4n) is 2.87. The van der Waals surface area contributed by atoms with Crippen LogP contribution in [-0.4, -0.2) is 15.8 Å². The topological polar surface area (TPSA) is 63.2 Å². The summed E-state index contributed by atoms with van der Waals surface area (Å²) >= 11 is 0. The minimum Gasteiger partial charge on any atom is -0.391 e. The van der Waals surface area contributed by atoms with Crippen molar-refractivity contribution >= 4 is 6.21 Å². The zero-order chi connectivity index (χ0) is 18.5. The number of oxime groups is 1. The molecule has 0 aliphatic heterocycles. The van der Waals surface area contributed by atoms with Gasteiger partial charge in [-0.3, -0.25) is 0 Å². The number of hydrogen-bond donors (Lipinski definition) is 0. The van der Waals surface area contributed by atoms with Crippen molar-refractivity contribution in [2.24, 2.45) is 5.16 Å². The maximum Gasteiger partial charge on any atom is 0.143 e. The SMILES string of the molecule is Cc1ccnc(-n2c(C)cc(/C=N\OCc3ccccc3C#N)c2C)c1.